The first-order valence-corrected chi connectivity index (χ1v) is 7.33. The third-order valence-electron chi connectivity index (χ3n) is 3.85. The second kappa shape index (κ2) is 6.58. The van der Waals surface area contributed by atoms with E-state index in [4.69, 9.17) is 5.11 Å². The van der Waals surface area contributed by atoms with Gasteiger partial charge in [-0.25, -0.2) is 0 Å². The van der Waals surface area contributed by atoms with Crippen molar-refractivity contribution >= 4 is 0 Å². The van der Waals surface area contributed by atoms with Crippen molar-refractivity contribution in [1.29, 1.82) is 0 Å². The highest BCUT2D eigenvalue weighted by molar-refractivity contribution is 5.37. The van der Waals surface area contributed by atoms with Crippen LogP contribution in [0.4, 0.5) is 0 Å². The number of rotatable bonds is 2. The molecular formula is C19H19NO. The average Bonchev–Trinajstić information content (AvgIpc) is 2.53. The molecule has 0 saturated heterocycles. The van der Waals surface area contributed by atoms with Crippen LogP contribution in [0.25, 0.3) is 0 Å². The number of hydrogen-bond donors (Lipinski definition) is 1. The maximum Gasteiger partial charge on any atom is 0.104 e. The van der Waals surface area contributed by atoms with Gasteiger partial charge in [-0.15, -0.1) is 0 Å². The lowest BCUT2D eigenvalue weighted by atomic mass is 9.99. The highest BCUT2D eigenvalue weighted by Gasteiger charge is 2.15. The van der Waals surface area contributed by atoms with E-state index in [0.29, 0.717) is 0 Å². The van der Waals surface area contributed by atoms with Gasteiger partial charge in [-0.05, 0) is 35.2 Å². The highest BCUT2D eigenvalue weighted by atomic mass is 16.2. The number of hydrogen-bond acceptors (Lipinski definition) is 2. The largest absolute Gasteiger partial charge is 0.384 e. The van der Waals surface area contributed by atoms with Gasteiger partial charge in [0.15, 0.2) is 0 Å². The molecule has 2 heteroatoms. The smallest absolute Gasteiger partial charge is 0.104 e. The molecule has 0 radical (unpaired) electrons. The zero-order valence-corrected chi connectivity index (χ0v) is 12.0. The predicted octanol–water partition coefficient (Wildman–Crippen LogP) is 2.59. The zero-order chi connectivity index (χ0) is 14.5. The zero-order valence-electron chi connectivity index (χ0n) is 12.0. The first-order valence-electron chi connectivity index (χ1n) is 7.33. The Balaban J connectivity index is 1.70. The van der Waals surface area contributed by atoms with E-state index in [1.165, 1.54) is 16.7 Å². The van der Waals surface area contributed by atoms with E-state index in [9.17, 15) is 0 Å². The van der Waals surface area contributed by atoms with Crippen molar-refractivity contribution < 1.29 is 5.11 Å². The number of benzene rings is 2. The molecular weight excluding hydrogens is 258 g/mol. The molecule has 106 valence electrons. The van der Waals surface area contributed by atoms with E-state index < -0.39 is 0 Å². The van der Waals surface area contributed by atoms with Gasteiger partial charge in [0.05, 0.1) is 0 Å². The number of nitrogens with zero attached hydrogens (tertiary/aromatic N) is 1. The molecule has 0 unspecified atom stereocenters. The number of aliphatic hydroxyl groups excluding tert-OH is 1. The monoisotopic (exact) mass is 277 g/mol. The molecule has 0 spiro atoms. The van der Waals surface area contributed by atoms with Crippen molar-refractivity contribution in [1.82, 2.24) is 4.90 Å². The molecule has 1 heterocycles. The average molecular weight is 277 g/mol. The summed E-state index contributed by atoms with van der Waals surface area (Å²) in [6, 6.07) is 17.0. The standard InChI is InChI=1S/C19H19NO/c21-12-4-7-16-5-3-6-17(13-16)14-20-11-10-18-8-1-2-9-19(18)15-20/h1-3,5-6,8-9,13,21H,10-12,14-15H2. The maximum absolute atomic E-state index is 8.77. The first kappa shape index (κ1) is 13.9. The molecule has 3 rings (SSSR count). The van der Waals surface area contributed by atoms with Crippen molar-refractivity contribution in [2.24, 2.45) is 0 Å². The minimum atomic E-state index is -0.0901. The predicted molar refractivity (Wildman–Crippen MR) is 84.7 cm³/mol. The highest BCUT2D eigenvalue weighted by Crippen LogP contribution is 2.20. The lowest BCUT2D eigenvalue weighted by molar-refractivity contribution is 0.245. The van der Waals surface area contributed by atoms with Gasteiger partial charge >= 0.3 is 0 Å². The molecule has 21 heavy (non-hydrogen) atoms. The van der Waals surface area contributed by atoms with Crippen LogP contribution in [0.3, 0.4) is 0 Å². The fourth-order valence-corrected chi connectivity index (χ4v) is 2.84. The Bertz CT molecular complexity index is 681. The van der Waals surface area contributed by atoms with E-state index in [1.807, 2.05) is 12.1 Å². The molecule has 0 aliphatic carbocycles. The van der Waals surface area contributed by atoms with Gasteiger partial charge in [-0.2, -0.15) is 0 Å². The lowest BCUT2D eigenvalue weighted by Gasteiger charge is -2.28. The van der Waals surface area contributed by atoms with Crippen LogP contribution in [0.15, 0.2) is 48.5 Å². The summed E-state index contributed by atoms with van der Waals surface area (Å²) in [5, 5.41) is 8.77. The van der Waals surface area contributed by atoms with E-state index in [0.717, 1.165) is 31.6 Å². The Morgan fingerprint density at radius 3 is 2.76 bits per heavy atom. The summed E-state index contributed by atoms with van der Waals surface area (Å²) < 4.78 is 0. The third-order valence-corrected chi connectivity index (χ3v) is 3.85. The molecule has 0 atom stereocenters. The normalized spacial score (nSPS) is 14.1. The van der Waals surface area contributed by atoms with Gasteiger partial charge in [-0.1, -0.05) is 48.2 Å². The van der Waals surface area contributed by atoms with Crippen LogP contribution < -0.4 is 0 Å². The number of fused-ring (bicyclic) bond motifs is 1. The van der Waals surface area contributed by atoms with Crippen LogP contribution in [-0.2, 0) is 19.5 Å². The van der Waals surface area contributed by atoms with Crippen molar-refractivity contribution in [2.75, 3.05) is 13.2 Å². The van der Waals surface area contributed by atoms with Gasteiger partial charge in [0, 0.05) is 25.2 Å². The van der Waals surface area contributed by atoms with Crippen LogP contribution in [-0.4, -0.2) is 23.2 Å². The molecule has 1 aliphatic heterocycles. The molecule has 0 amide bonds. The first-order chi connectivity index (χ1) is 10.3. The summed E-state index contributed by atoms with van der Waals surface area (Å²) in [5.74, 6) is 5.67. The van der Waals surface area contributed by atoms with Gasteiger partial charge < -0.3 is 5.11 Å². The van der Waals surface area contributed by atoms with E-state index in [-0.39, 0.29) is 6.61 Å². The minimum absolute atomic E-state index is 0.0901. The summed E-state index contributed by atoms with van der Waals surface area (Å²) in [7, 11) is 0. The van der Waals surface area contributed by atoms with Gasteiger partial charge in [0.1, 0.15) is 6.61 Å². The van der Waals surface area contributed by atoms with Crippen molar-refractivity contribution in [3.05, 3.63) is 70.8 Å². The van der Waals surface area contributed by atoms with Crippen LogP contribution in [0.2, 0.25) is 0 Å². The molecule has 1 aliphatic rings. The third kappa shape index (κ3) is 3.52. The second-order valence-electron chi connectivity index (χ2n) is 5.39. The summed E-state index contributed by atoms with van der Waals surface area (Å²) in [6.07, 6.45) is 1.13. The molecule has 0 bridgehead atoms. The Hall–Kier alpha value is -2.08. The Labute approximate surface area is 126 Å². The van der Waals surface area contributed by atoms with Crippen LogP contribution in [0, 0.1) is 11.8 Å². The summed E-state index contributed by atoms with van der Waals surface area (Å²) >= 11 is 0. The Morgan fingerprint density at radius 2 is 1.90 bits per heavy atom. The molecule has 0 fully saturated rings. The molecule has 2 aromatic carbocycles. The van der Waals surface area contributed by atoms with Gasteiger partial charge in [0.2, 0.25) is 0 Å². The Morgan fingerprint density at radius 1 is 1.05 bits per heavy atom. The van der Waals surface area contributed by atoms with Crippen molar-refractivity contribution in [2.45, 2.75) is 19.5 Å². The van der Waals surface area contributed by atoms with Crippen molar-refractivity contribution in [3.63, 3.8) is 0 Å². The molecule has 0 aromatic heterocycles. The van der Waals surface area contributed by atoms with E-state index in [1.54, 1.807) is 0 Å². The summed E-state index contributed by atoms with van der Waals surface area (Å²) in [6.45, 7) is 2.97. The van der Waals surface area contributed by atoms with Crippen LogP contribution in [0.5, 0.6) is 0 Å². The van der Waals surface area contributed by atoms with Crippen LogP contribution >= 0.6 is 0 Å². The topological polar surface area (TPSA) is 23.5 Å². The SMILES string of the molecule is OCC#Cc1cccc(CN2CCc3ccccc3C2)c1. The Kier molecular flexibility index (Phi) is 4.35. The molecule has 2 nitrogen and oxygen atoms in total. The fraction of sp³-hybridized carbons (Fsp3) is 0.263. The molecule has 2 aromatic rings. The summed E-state index contributed by atoms with van der Waals surface area (Å²) in [4.78, 5) is 2.47. The quantitative estimate of drug-likeness (QED) is 0.853. The summed E-state index contributed by atoms with van der Waals surface area (Å²) in [5.41, 5.74) is 5.18. The van der Waals surface area contributed by atoms with Crippen LogP contribution in [0.1, 0.15) is 22.3 Å². The van der Waals surface area contributed by atoms with E-state index >= 15 is 0 Å². The lowest BCUT2D eigenvalue weighted by Crippen LogP contribution is -2.29. The number of aliphatic hydroxyl groups is 1. The van der Waals surface area contributed by atoms with Gasteiger partial charge in [-0.3, -0.25) is 4.90 Å². The van der Waals surface area contributed by atoms with Gasteiger partial charge in [0.25, 0.3) is 0 Å². The van der Waals surface area contributed by atoms with Crippen molar-refractivity contribution in [3.8, 4) is 11.8 Å². The maximum atomic E-state index is 8.77. The second-order valence-corrected chi connectivity index (χ2v) is 5.39. The fourth-order valence-electron chi connectivity index (χ4n) is 2.84. The molecule has 1 N–H and O–H groups in total. The molecule has 0 saturated carbocycles. The minimum Gasteiger partial charge on any atom is -0.384 e. The van der Waals surface area contributed by atoms with E-state index in [2.05, 4.69) is 53.1 Å².